The van der Waals surface area contributed by atoms with Crippen molar-refractivity contribution in [3.63, 3.8) is 0 Å². The zero-order valence-corrected chi connectivity index (χ0v) is 17.4. The first-order chi connectivity index (χ1) is 13.3. The highest BCUT2D eigenvalue weighted by atomic mass is 16.5. The molecule has 0 radical (unpaired) electrons. The Hall–Kier alpha value is -2.57. The number of ether oxygens (including phenoxy) is 2. The van der Waals surface area contributed by atoms with E-state index < -0.39 is 30.1 Å². The molecular formula is C21H32N2O5. The van der Waals surface area contributed by atoms with Crippen molar-refractivity contribution in [3.8, 4) is 0 Å². The van der Waals surface area contributed by atoms with Crippen molar-refractivity contribution in [3.05, 3.63) is 35.9 Å². The van der Waals surface area contributed by atoms with Crippen molar-refractivity contribution >= 4 is 18.0 Å². The summed E-state index contributed by atoms with van der Waals surface area (Å²) in [4.78, 5) is 36.9. The highest BCUT2D eigenvalue weighted by Crippen LogP contribution is 2.12. The normalized spacial score (nSPS) is 13.9. The summed E-state index contributed by atoms with van der Waals surface area (Å²) in [5.74, 6) is -0.870. The number of carbonyl (C=O) groups is 3. The summed E-state index contributed by atoms with van der Waals surface area (Å²) < 4.78 is 10.0. The fourth-order valence-electron chi connectivity index (χ4n) is 2.66. The highest BCUT2D eigenvalue weighted by Gasteiger charge is 2.31. The van der Waals surface area contributed by atoms with Crippen molar-refractivity contribution in [1.82, 2.24) is 10.6 Å². The Morgan fingerprint density at radius 1 is 1.04 bits per heavy atom. The maximum Gasteiger partial charge on any atom is 0.408 e. The molecule has 0 spiro atoms. The van der Waals surface area contributed by atoms with Gasteiger partial charge in [-0.2, -0.15) is 0 Å². The van der Waals surface area contributed by atoms with Crippen LogP contribution in [0.5, 0.6) is 0 Å². The van der Waals surface area contributed by atoms with Crippen LogP contribution < -0.4 is 10.6 Å². The minimum atomic E-state index is -0.806. The van der Waals surface area contributed by atoms with Crippen LogP contribution in [-0.4, -0.2) is 37.2 Å². The van der Waals surface area contributed by atoms with E-state index in [1.165, 1.54) is 7.11 Å². The Bertz CT molecular complexity index is 633. The van der Waals surface area contributed by atoms with E-state index in [0.29, 0.717) is 12.8 Å². The molecule has 0 heterocycles. The van der Waals surface area contributed by atoms with Gasteiger partial charge in [0.25, 0.3) is 0 Å². The average Bonchev–Trinajstić information content (AvgIpc) is 2.69. The minimum absolute atomic E-state index is 0.0962. The lowest BCUT2D eigenvalue weighted by Gasteiger charge is -2.26. The van der Waals surface area contributed by atoms with Crippen LogP contribution in [0.4, 0.5) is 4.79 Å². The van der Waals surface area contributed by atoms with Crippen molar-refractivity contribution in [2.45, 2.75) is 59.2 Å². The summed E-state index contributed by atoms with van der Waals surface area (Å²) in [6.07, 6.45) is 0.435. The van der Waals surface area contributed by atoms with Crippen molar-refractivity contribution in [1.29, 1.82) is 0 Å². The number of esters is 1. The Balaban J connectivity index is 2.75. The van der Waals surface area contributed by atoms with Gasteiger partial charge in [-0.15, -0.1) is 0 Å². The molecule has 0 aliphatic carbocycles. The topological polar surface area (TPSA) is 93.7 Å². The van der Waals surface area contributed by atoms with E-state index in [2.05, 4.69) is 10.6 Å². The Kier molecular flexibility index (Phi) is 10.1. The van der Waals surface area contributed by atoms with E-state index in [1.807, 2.05) is 58.0 Å². The summed E-state index contributed by atoms with van der Waals surface area (Å²) in [5, 5.41) is 5.33. The molecule has 1 aromatic rings. The Labute approximate surface area is 167 Å². The molecule has 2 N–H and O–H groups in total. The number of nitrogens with one attached hydrogen (secondary N) is 2. The monoisotopic (exact) mass is 392 g/mol. The maximum atomic E-state index is 12.8. The fraction of sp³-hybridized carbons (Fsp3) is 0.571. The number of rotatable bonds is 10. The molecule has 0 unspecified atom stereocenters. The summed E-state index contributed by atoms with van der Waals surface area (Å²) in [6.45, 7) is 7.80. The Morgan fingerprint density at radius 3 is 2.21 bits per heavy atom. The predicted molar refractivity (Wildman–Crippen MR) is 106 cm³/mol. The second-order valence-corrected chi connectivity index (χ2v) is 7.28. The zero-order valence-electron chi connectivity index (χ0n) is 17.4. The number of hydrogen-bond acceptors (Lipinski definition) is 5. The van der Waals surface area contributed by atoms with E-state index in [4.69, 9.17) is 9.47 Å². The van der Waals surface area contributed by atoms with Gasteiger partial charge in [0.2, 0.25) is 5.91 Å². The molecule has 3 atom stereocenters. The van der Waals surface area contributed by atoms with Gasteiger partial charge in [0.15, 0.2) is 0 Å². The molecule has 2 amide bonds. The first kappa shape index (κ1) is 23.5. The van der Waals surface area contributed by atoms with Gasteiger partial charge in [-0.1, -0.05) is 64.4 Å². The molecule has 7 heteroatoms. The van der Waals surface area contributed by atoms with Crippen LogP contribution in [-0.2, 0) is 25.7 Å². The second-order valence-electron chi connectivity index (χ2n) is 7.28. The molecule has 0 aliphatic heterocycles. The van der Waals surface area contributed by atoms with Crippen LogP contribution in [0.15, 0.2) is 30.3 Å². The number of alkyl carbamates (subject to hydrolysis) is 1. The molecule has 7 nitrogen and oxygen atoms in total. The molecule has 0 aliphatic rings. The SMILES string of the molecule is CC[C@@H](C)[C@@H](NC(=O)[C@@H](CC(C)C)NC(=O)OCc1ccccc1)C(=O)OC. The van der Waals surface area contributed by atoms with Gasteiger partial charge in [0.1, 0.15) is 18.7 Å². The molecule has 0 fully saturated rings. The van der Waals surface area contributed by atoms with Gasteiger partial charge in [-0.25, -0.2) is 9.59 Å². The number of amides is 2. The molecule has 0 saturated carbocycles. The summed E-state index contributed by atoms with van der Waals surface area (Å²) in [6, 6.07) is 7.71. The third kappa shape index (κ3) is 7.98. The molecular weight excluding hydrogens is 360 g/mol. The standard InChI is InChI=1S/C21H32N2O5/c1-6-15(4)18(20(25)27-5)23-19(24)17(12-14(2)3)22-21(26)28-13-16-10-8-7-9-11-16/h7-11,14-15,17-18H,6,12-13H2,1-5H3,(H,22,26)(H,23,24)/t15-,17-,18-/m1/s1. The van der Waals surface area contributed by atoms with E-state index >= 15 is 0 Å². The largest absolute Gasteiger partial charge is 0.467 e. The van der Waals surface area contributed by atoms with Crippen molar-refractivity contribution in [2.24, 2.45) is 11.8 Å². The molecule has 156 valence electrons. The zero-order chi connectivity index (χ0) is 21.1. The summed E-state index contributed by atoms with van der Waals surface area (Å²) in [5.41, 5.74) is 0.852. The van der Waals surface area contributed by atoms with Gasteiger partial charge in [-0.05, 0) is 23.8 Å². The van der Waals surface area contributed by atoms with Gasteiger partial charge in [0, 0.05) is 0 Å². The first-order valence-electron chi connectivity index (χ1n) is 9.63. The number of benzene rings is 1. The van der Waals surface area contributed by atoms with Crippen LogP contribution in [0.1, 0.15) is 46.1 Å². The summed E-state index contributed by atoms with van der Waals surface area (Å²) in [7, 11) is 1.29. The molecule has 0 bridgehead atoms. The minimum Gasteiger partial charge on any atom is -0.467 e. The fourth-order valence-corrected chi connectivity index (χ4v) is 2.66. The van der Waals surface area contributed by atoms with Crippen LogP contribution in [0.2, 0.25) is 0 Å². The number of carbonyl (C=O) groups excluding carboxylic acids is 3. The molecule has 1 aromatic carbocycles. The predicted octanol–water partition coefficient (Wildman–Crippen LogP) is 3.03. The van der Waals surface area contributed by atoms with Gasteiger partial charge in [0.05, 0.1) is 7.11 Å². The smallest absolute Gasteiger partial charge is 0.408 e. The van der Waals surface area contributed by atoms with Gasteiger partial charge >= 0.3 is 12.1 Å². The molecule has 0 saturated heterocycles. The molecule has 0 aromatic heterocycles. The Morgan fingerprint density at radius 2 is 1.68 bits per heavy atom. The van der Waals surface area contributed by atoms with Crippen LogP contribution >= 0.6 is 0 Å². The molecule has 28 heavy (non-hydrogen) atoms. The van der Waals surface area contributed by atoms with E-state index in [-0.39, 0.29) is 18.4 Å². The first-order valence-corrected chi connectivity index (χ1v) is 9.63. The number of hydrogen-bond donors (Lipinski definition) is 2. The van der Waals surface area contributed by atoms with Crippen molar-refractivity contribution in [2.75, 3.05) is 7.11 Å². The van der Waals surface area contributed by atoms with Crippen LogP contribution in [0.3, 0.4) is 0 Å². The third-order valence-electron chi connectivity index (χ3n) is 4.49. The number of methoxy groups -OCH3 is 1. The van der Waals surface area contributed by atoms with E-state index in [1.54, 1.807) is 0 Å². The van der Waals surface area contributed by atoms with Gasteiger partial charge < -0.3 is 20.1 Å². The van der Waals surface area contributed by atoms with Gasteiger partial charge in [-0.3, -0.25) is 4.79 Å². The highest BCUT2D eigenvalue weighted by molar-refractivity contribution is 5.89. The molecule has 1 rings (SSSR count). The lowest BCUT2D eigenvalue weighted by atomic mass is 9.97. The maximum absolute atomic E-state index is 12.8. The van der Waals surface area contributed by atoms with Crippen LogP contribution in [0.25, 0.3) is 0 Å². The lowest BCUT2D eigenvalue weighted by molar-refractivity contribution is -0.146. The average molecular weight is 392 g/mol. The lowest BCUT2D eigenvalue weighted by Crippen LogP contribution is -2.54. The second kappa shape index (κ2) is 12.0. The van der Waals surface area contributed by atoms with E-state index in [0.717, 1.165) is 5.56 Å². The van der Waals surface area contributed by atoms with E-state index in [9.17, 15) is 14.4 Å². The van der Waals surface area contributed by atoms with Crippen molar-refractivity contribution < 1.29 is 23.9 Å². The summed E-state index contributed by atoms with van der Waals surface area (Å²) >= 11 is 0. The third-order valence-corrected chi connectivity index (χ3v) is 4.49. The quantitative estimate of drug-likeness (QED) is 0.597. The van der Waals surface area contributed by atoms with Crippen LogP contribution in [0, 0.1) is 11.8 Å².